The lowest BCUT2D eigenvalue weighted by molar-refractivity contribution is 0.421. The van der Waals surface area contributed by atoms with Crippen molar-refractivity contribution in [3.63, 3.8) is 0 Å². The van der Waals surface area contributed by atoms with Crippen molar-refractivity contribution in [3.05, 3.63) is 17.7 Å². The van der Waals surface area contributed by atoms with Crippen LogP contribution in [-0.2, 0) is 6.54 Å². The number of aromatic nitrogens is 2. The molecule has 2 N–H and O–H groups in total. The van der Waals surface area contributed by atoms with Crippen LogP contribution in [0.5, 0.6) is 0 Å². The van der Waals surface area contributed by atoms with E-state index in [0.29, 0.717) is 5.92 Å². The number of anilines is 1. The first-order valence-electron chi connectivity index (χ1n) is 6.12. The summed E-state index contributed by atoms with van der Waals surface area (Å²) in [5, 5.41) is 6.58. The second-order valence-corrected chi connectivity index (χ2v) is 5.60. The zero-order chi connectivity index (χ0) is 13.1. The molecule has 0 atom stereocenters. The highest BCUT2D eigenvalue weighted by molar-refractivity contribution is 5.45. The maximum Gasteiger partial charge on any atom is 0.131 e. The van der Waals surface area contributed by atoms with Crippen LogP contribution in [0.4, 0.5) is 5.69 Å². The molecule has 17 heavy (non-hydrogen) atoms. The van der Waals surface area contributed by atoms with E-state index < -0.39 is 0 Å². The Hall–Kier alpha value is -1.16. The van der Waals surface area contributed by atoms with E-state index >= 15 is 0 Å². The lowest BCUT2D eigenvalue weighted by Gasteiger charge is -2.21. The number of nitrogens with one attached hydrogen (secondary N) is 2. The number of hydrogen-bond donors (Lipinski definition) is 2. The van der Waals surface area contributed by atoms with Crippen molar-refractivity contribution in [1.29, 1.82) is 0 Å². The fourth-order valence-corrected chi connectivity index (χ4v) is 1.40. The first kappa shape index (κ1) is 13.9. The van der Waals surface area contributed by atoms with Crippen molar-refractivity contribution in [2.45, 2.75) is 52.6 Å². The summed E-state index contributed by atoms with van der Waals surface area (Å²) < 4.78 is 0. The molecule has 1 aromatic heterocycles. The average molecular weight is 236 g/mol. The molecule has 0 aromatic carbocycles. The number of hydrogen-bond acceptors (Lipinski definition) is 4. The van der Waals surface area contributed by atoms with Crippen LogP contribution in [0, 0.1) is 0 Å². The summed E-state index contributed by atoms with van der Waals surface area (Å²) in [6.45, 7) is 11.4. The van der Waals surface area contributed by atoms with Crippen molar-refractivity contribution in [2.75, 3.05) is 12.4 Å². The third-order valence-electron chi connectivity index (χ3n) is 2.46. The molecular weight excluding hydrogens is 212 g/mol. The molecule has 0 unspecified atom stereocenters. The molecule has 0 spiro atoms. The van der Waals surface area contributed by atoms with Crippen LogP contribution in [0.25, 0.3) is 0 Å². The SMILES string of the molecule is CNc1cnc(C(C)C)nc1CNC(C)(C)C. The van der Waals surface area contributed by atoms with Gasteiger partial charge in [0.15, 0.2) is 0 Å². The second-order valence-electron chi connectivity index (χ2n) is 5.60. The number of nitrogens with zero attached hydrogens (tertiary/aromatic N) is 2. The molecule has 1 rings (SSSR count). The molecule has 1 heterocycles. The Bertz CT molecular complexity index is 366. The lowest BCUT2D eigenvalue weighted by atomic mass is 10.1. The molecule has 0 radical (unpaired) electrons. The lowest BCUT2D eigenvalue weighted by Crippen LogP contribution is -2.35. The minimum absolute atomic E-state index is 0.0912. The molecule has 1 aromatic rings. The summed E-state index contributed by atoms with van der Waals surface area (Å²) in [6.07, 6.45) is 1.86. The van der Waals surface area contributed by atoms with E-state index in [1.807, 2.05) is 13.2 Å². The molecule has 0 saturated carbocycles. The second kappa shape index (κ2) is 5.45. The Morgan fingerprint density at radius 3 is 2.41 bits per heavy atom. The van der Waals surface area contributed by atoms with Crippen molar-refractivity contribution in [3.8, 4) is 0 Å². The summed E-state index contributed by atoms with van der Waals surface area (Å²) >= 11 is 0. The maximum absolute atomic E-state index is 4.61. The van der Waals surface area contributed by atoms with Crippen molar-refractivity contribution in [2.24, 2.45) is 0 Å². The Morgan fingerprint density at radius 1 is 1.29 bits per heavy atom. The van der Waals surface area contributed by atoms with E-state index in [0.717, 1.165) is 23.8 Å². The van der Waals surface area contributed by atoms with E-state index in [4.69, 9.17) is 0 Å². The van der Waals surface area contributed by atoms with Crippen LogP contribution in [0.15, 0.2) is 6.20 Å². The van der Waals surface area contributed by atoms with E-state index in [-0.39, 0.29) is 5.54 Å². The fourth-order valence-electron chi connectivity index (χ4n) is 1.40. The Morgan fingerprint density at radius 2 is 1.94 bits per heavy atom. The van der Waals surface area contributed by atoms with Crippen LogP contribution >= 0.6 is 0 Å². The predicted molar refractivity (Wildman–Crippen MR) is 72.3 cm³/mol. The van der Waals surface area contributed by atoms with Gasteiger partial charge in [-0.1, -0.05) is 13.8 Å². The topological polar surface area (TPSA) is 49.8 Å². The molecule has 0 aliphatic rings. The van der Waals surface area contributed by atoms with Gasteiger partial charge in [0.05, 0.1) is 17.6 Å². The molecule has 0 amide bonds. The molecule has 0 saturated heterocycles. The van der Waals surface area contributed by atoms with Crippen LogP contribution in [0.2, 0.25) is 0 Å². The molecule has 0 bridgehead atoms. The van der Waals surface area contributed by atoms with E-state index in [1.54, 1.807) is 0 Å². The van der Waals surface area contributed by atoms with Gasteiger partial charge in [0.25, 0.3) is 0 Å². The zero-order valence-electron chi connectivity index (χ0n) is 11.8. The molecular formula is C13H24N4. The molecule has 0 fully saturated rings. The smallest absolute Gasteiger partial charge is 0.131 e. The Labute approximate surface area is 104 Å². The van der Waals surface area contributed by atoms with Gasteiger partial charge in [-0.05, 0) is 20.8 Å². The normalized spacial score (nSPS) is 11.9. The fraction of sp³-hybridized carbons (Fsp3) is 0.692. The minimum atomic E-state index is 0.0912. The first-order valence-corrected chi connectivity index (χ1v) is 6.12. The summed E-state index contributed by atoms with van der Waals surface area (Å²) in [7, 11) is 1.90. The third kappa shape index (κ3) is 4.30. The third-order valence-corrected chi connectivity index (χ3v) is 2.46. The van der Waals surface area contributed by atoms with Gasteiger partial charge in [-0.25, -0.2) is 9.97 Å². The molecule has 0 aliphatic heterocycles. The van der Waals surface area contributed by atoms with E-state index in [9.17, 15) is 0 Å². The maximum atomic E-state index is 4.61. The van der Waals surface area contributed by atoms with Crippen LogP contribution < -0.4 is 10.6 Å². The first-order chi connectivity index (χ1) is 7.83. The van der Waals surface area contributed by atoms with E-state index in [2.05, 4.69) is 55.2 Å². The van der Waals surface area contributed by atoms with Crippen LogP contribution in [0.1, 0.15) is 52.1 Å². The standard InChI is InChI=1S/C13H24N4/c1-9(2)12-15-7-10(14-6)11(17-12)8-16-13(3,4)5/h7,9,14,16H,8H2,1-6H3. The van der Waals surface area contributed by atoms with Gasteiger partial charge in [0.2, 0.25) is 0 Å². The minimum Gasteiger partial charge on any atom is -0.385 e. The summed E-state index contributed by atoms with van der Waals surface area (Å²) in [5.41, 5.74) is 2.11. The quantitative estimate of drug-likeness (QED) is 0.843. The highest BCUT2D eigenvalue weighted by Gasteiger charge is 2.13. The van der Waals surface area contributed by atoms with Crippen molar-refractivity contribution in [1.82, 2.24) is 15.3 Å². The summed E-state index contributed by atoms with van der Waals surface area (Å²) in [5.74, 6) is 1.25. The van der Waals surface area contributed by atoms with Gasteiger partial charge in [-0.15, -0.1) is 0 Å². The Balaban J connectivity index is 2.90. The highest BCUT2D eigenvalue weighted by Crippen LogP contribution is 2.16. The average Bonchev–Trinajstić information content (AvgIpc) is 2.24. The van der Waals surface area contributed by atoms with Gasteiger partial charge in [0, 0.05) is 25.0 Å². The predicted octanol–water partition coefficient (Wildman–Crippen LogP) is 2.53. The summed E-state index contributed by atoms with van der Waals surface area (Å²) in [4.78, 5) is 8.96. The van der Waals surface area contributed by atoms with Crippen LogP contribution in [0.3, 0.4) is 0 Å². The van der Waals surface area contributed by atoms with Gasteiger partial charge >= 0.3 is 0 Å². The molecule has 4 nitrogen and oxygen atoms in total. The van der Waals surface area contributed by atoms with E-state index in [1.165, 1.54) is 0 Å². The monoisotopic (exact) mass is 236 g/mol. The summed E-state index contributed by atoms with van der Waals surface area (Å²) in [6, 6.07) is 0. The molecule has 96 valence electrons. The zero-order valence-corrected chi connectivity index (χ0v) is 11.8. The van der Waals surface area contributed by atoms with Crippen molar-refractivity contribution < 1.29 is 0 Å². The highest BCUT2D eigenvalue weighted by atomic mass is 15.0. The van der Waals surface area contributed by atoms with Gasteiger partial charge in [0.1, 0.15) is 5.82 Å². The molecule has 0 aliphatic carbocycles. The van der Waals surface area contributed by atoms with Crippen molar-refractivity contribution >= 4 is 5.69 Å². The molecule has 4 heteroatoms. The van der Waals surface area contributed by atoms with Gasteiger partial charge < -0.3 is 10.6 Å². The Kier molecular flexibility index (Phi) is 4.46. The number of rotatable bonds is 4. The van der Waals surface area contributed by atoms with Gasteiger partial charge in [-0.2, -0.15) is 0 Å². The van der Waals surface area contributed by atoms with Gasteiger partial charge in [-0.3, -0.25) is 0 Å². The largest absolute Gasteiger partial charge is 0.385 e. The van der Waals surface area contributed by atoms with Crippen LogP contribution in [-0.4, -0.2) is 22.6 Å².